The summed E-state index contributed by atoms with van der Waals surface area (Å²) < 4.78 is 43.5. The van der Waals surface area contributed by atoms with Gasteiger partial charge < -0.3 is 9.47 Å². The van der Waals surface area contributed by atoms with Crippen LogP contribution in [0.1, 0.15) is 0 Å². The first-order valence-electron chi connectivity index (χ1n) is 9.10. The summed E-state index contributed by atoms with van der Waals surface area (Å²) in [5.41, 5.74) is 4.25. The van der Waals surface area contributed by atoms with E-state index >= 15 is 0 Å². The largest absolute Gasteiger partial charge is 0.342 e. The number of halogens is 3. The Labute approximate surface area is 164 Å². The maximum atomic E-state index is 14.1. The minimum absolute atomic E-state index is 0.335. The molecule has 0 N–H and O–H groups in total. The van der Waals surface area contributed by atoms with E-state index in [4.69, 9.17) is 4.98 Å². The van der Waals surface area contributed by atoms with Gasteiger partial charge in [0.05, 0.1) is 27.8 Å². The molecule has 29 heavy (non-hydrogen) atoms. The topological polar surface area (TPSA) is 21.1 Å². The van der Waals surface area contributed by atoms with E-state index < -0.39 is 0 Å². The second kappa shape index (κ2) is 6.24. The van der Waals surface area contributed by atoms with Crippen molar-refractivity contribution in [3.05, 3.63) is 78.1 Å². The second-order valence-corrected chi connectivity index (χ2v) is 7.08. The average molecular weight is 391 g/mol. The molecular formula is C23H16F3N3. The van der Waals surface area contributed by atoms with Crippen molar-refractivity contribution in [1.29, 1.82) is 0 Å². The molecule has 0 fully saturated rings. The fraction of sp³-hybridized carbons (Fsp3) is 0.0870. The first-order chi connectivity index (χ1) is 13.9. The molecule has 0 amide bonds. The van der Waals surface area contributed by atoms with Crippen LogP contribution in [0, 0.1) is 17.5 Å². The molecule has 144 valence electrons. The molecule has 3 aromatic carbocycles. The number of fused-ring (bicyclic) bond motifs is 4. The maximum Gasteiger partial charge on any atom is 0.124 e. The Balaban J connectivity index is 1.96. The quantitative estimate of drug-likeness (QED) is 0.364. The van der Waals surface area contributed by atoms with Crippen molar-refractivity contribution in [3.63, 3.8) is 0 Å². The zero-order valence-corrected chi connectivity index (χ0v) is 15.7. The van der Waals surface area contributed by atoms with Gasteiger partial charge in [-0.3, -0.25) is 0 Å². The summed E-state index contributed by atoms with van der Waals surface area (Å²) in [5.74, 6) is -1.06. The van der Waals surface area contributed by atoms with Gasteiger partial charge in [0.1, 0.15) is 17.5 Å². The molecule has 0 saturated carbocycles. The lowest BCUT2D eigenvalue weighted by molar-refractivity contribution is 0.628. The Kier molecular flexibility index (Phi) is 3.77. The Morgan fingerprint density at radius 1 is 0.793 bits per heavy atom. The number of nitrogens with zero attached hydrogens (tertiary/aromatic N) is 3. The van der Waals surface area contributed by atoms with E-state index in [0.717, 1.165) is 22.4 Å². The van der Waals surface area contributed by atoms with E-state index in [1.165, 1.54) is 36.4 Å². The number of benzene rings is 3. The number of aromatic nitrogens is 2. The third-order valence-electron chi connectivity index (χ3n) is 5.35. The van der Waals surface area contributed by atoms with E-state index in [2.05, 4.69) is 0 Å². The molecule has 2 heterocycles. The van der Waals surface area contributed by atoms with Gasteiger partial charge >= 0.3 is 0 Å². The number of aryl methyl sites for hydroxylation is 1. The molecular weight excluding hydrogens is 375 g/mol. The normalized spacial score (nSPS) is 11.6. The molecule has 0 radical (unpaired) electrons. The SMILES string of the molecule is CN(c1ccc(F)cc1)c1c2cc(F)ccc2nc2c3cc(F)ccc3n(C)c12. The van der Waals surface area contributed by atoms with Crippen LogP contribution in [0.25, 0.3) is 32.8 Å². The van der Waals surface area contributed by atoms with Gasteiger partial charge in [0.2, 0.25) is 0 Å². The molecule has 0 saturated heterocycles. The molecule has 0 aliphatic heterocycles. The molecule has 0 spiro atoms. The summed E-state index contributed by atoms with van der Waals surface area (Å²) in [6.07, 6.45) is 0. The third kappa shape index (κ3) is 2.63. The van der Waals surface area contributed by atoms with Crippen LogP contribution in [0.5, 0.6) is 0 Å². The lowest BCUT2D eigenvalue weighted by Crippen LogP contribution is -2.12. The molecule has 0 unspecified atom stereocenters. The number of anilines is 2. The summed E-state index contributed by atoms with van der Waals surface area (Å²) in [4.78, 5) is 6.59. The molecule has 0 aliphatic rings. The fourth-order valence-electron chi connectivity index (χ4n) is 3.96. The predicted octanol–water partition coefficient (Wildman–Crippen LogP) is 6.06. The van der Waals surface area contributed by atoms with Crippen LogP contribution >= 0.6 is 0 Å². The van der Waals surface area contributed by atoms with Crippen molar-refractivity contribution in [3.8, 4) is 0 Å². The van der Waals surface area contributed by atoms with Crippen LogP contribution in [0.4, 0.5) is 24.5 Å². The zero-order valence-electron chi connectivity index (χ0n) is 15.7. The van der Waals surface area contributed by atoms with Crippen molar-refractivity contribution in [2.24, 2.45) is 7.05 Å². The van der Waals surface area contributed by atoms with E-state index in [-0.39, 0.29) is 17.5 Å². The van der Waals surface area contributed by atoms with Crippen molar-refractivity contribution >= 4 is 44.2 Å². The smallest absolute Gasteiger partial charge is 0.124 e. The molecule has 5 aromatic rings. The van der Waals surface area contributed by atoms with Crippen LogP contribution in [-0.4, -0.2) is 16.6 Å². The molecule has 5 rings (SSSR count). The monoisotopic (exact) mass is 391 g/mol. The van der Waals surface area contributed by atoms with E-state index in [9.17, 15) is 13.2 Å². The lowest BCUT2D eigenvalue weighted by Gasteiger charge is -2.23. The van der Waals surface area contributed by atoms with Crippen molar-refractivity contribution in [2.75, 3.05) is 11.9 Å². The fourth-order valence-corrected chi connectivity index (χ4v) is 3.96. The van der Waals surface area contributed by atoms with E-state index in [1.54, 1.807) is 24.3 Å². The van der Waals surface area contributed by atoms with Gasteiger partial charge in [0.15, 0.2) is 0 Å². The van der Waals surface area contributed by atoms with Gasteiger partial charge in [0.25, 0.3) is 0 Å². The molecule has 2 aromatic heterocycles. The van der Waals surface area contributed by atoms with Gasteiger partial charge in [-0.15, -0.1) is 0 Å². The number of rotatable bonds is 2. The van der Waals surface area contributed by atoms with Crippen LogP contribution < -0.4 is 4.90 Å². The Bertz CT molecular complexity index is 1400. The van der Waals surface area contributed by atoms with Crippen LogP contribution in [-0.2, 0) is 7.05 Å². The average Bonchev–Trinajstić information content (AvgIpc) is 2.98. The second-order valence-electron chi connectivity index (χ2n) is 7.08. The first kappa shape index (κ1) is 17.6. The third-order valence-corrected chi connectivity index (χ3v) is 5.35. The van der Waals surface area contributed by atoms with E-state index in [0.29, 0.717) is 21.8 Å². The Morgan fingerprint density at radius 2 is 1.41 bits per heavy atom. The van der Waals surface area contributed by atoms with Gasteiger partial charge in [-0.1, -0.05) is 0 Å². The standard InChI is InChI=1S/C23H16F3N3/c1-28(16-7-3-13(24)4-8-16)22-17-11-14(25)5-9-19(17)27-21-18-12-15(26)6-10-20(18)29(2)23(21)22/h3-12H,1-2H3. The molecule has 0 aliphatic carbocycles. The summed E-state index contributed by atoms with van der Waals surface area (Å²) in [7, 11) is 3.71. The number of hydrogen-bond acceptors (Lipinski definition) is 2. The lowest BCUT2D eigenvalue weighted by atomic mass is 10.1. The van der Waals surface area contributed by atoms with Crippen molar-refractivity contribution in [1.82, 2.24) is 9.55 Å². The minimum atomic E-state index is -0.378. The Morgan fingerprint density at radius 3 is 2.14 bits per heavy atom. The van der Waals surface area contributed by atoms with Gasteiger partial charge in [0, 0.05) is 30.6 Å². The van der Waals surface area contributed by atoms with Gasteiger partial charge in [-0.25, -0.2) is 18.2 Å². The van der Waals surface area contributed by atoms with Crippen LogP contribution in [0.15, 0.2) is 60.7 Å². The van der Waals surface area contributed by atoms with Crippen molar-refractivity contribution in [2.45, 2.75) is 0 Å². The predicted molar refractivity (Wildman–Crippen MR) is 110 cm³/mol. The van der Waals surface area contributed by atoms with Crippen LogP contribution in [0.2, 0.25) is 0 Å². The highest BCUT2D eigenvalue weighted by molar-refractivity contribution is 6.17. The summed E-state index contributed by atoms with van der Waals surface area (Å²) in [5, 5.41) is 1.30. The van der Waals surface area contributed by atoms with Crippen molar-refractivity contribution < 1.29 is 13.2 Å². The van der Waals surface area contributed by atoms with Crippen LogP contribution in [0.3, 0.4) is 0 Å². The number of hydrogen-bond donors (Lipinski definition) is 0. The summed E-state index contributed by atoms with van der Waals surface area (Å²) >= 11 is 0. The van der Waals surface area contributed by atoms with E-state index in [1.807, 2.05) is 23.6 Å². The Hall–Kier alpha value is -3.54. The van der Waals surface area contributed by atoms with Gasteiger partial charge in [-0.05, 0) is 60.7 Å². The number of pyridine rings is 1. The molecule has 0 bridgehead atoms. The maximum absolute atomic E-state index is 14.1. The molecule has 6 heteroatoms. The summed E-state index contributed by atoms with van der Waals surface area (Å²) in [6.45, 7) is 0. The van der Waals surface area contributed by atoms with Gasteiger partial charge in [-0.2, -0.15) is 0 Å². The highest BCUT2D eigenvalue weighted by Gasteiger charge is 2.21. The highest BCUT2D eigenvalue weighted by atomic mass is 19.1. The minimum Gasteiger partial charge on any atom is -0.342 e. The highest BCUT2D eigenvalue weighted by Crippen LogP contribution is 2.40. The summed E-state index contributed by atoms with van der Waals surface area (Å²) in [6, 6.07) is 15.1. The zero-order chi connectivity index (χ0) is 20.3. The molecule has 0 atom stereocenters. The molecule has 3 nitrogen and oxygen atoms in total. The first-order valence-corrected chi connectivity index (χ1v) is 9.10.